The van der Waals surface area contributed by atoms with Crippen molar-refractivity contribution in [1.82, 2.24) is 4.90 Å². The molecule has 120 valence electrons. The van der Waals surface area contributed by atoms with Gasteiger partial charge in [0, 0.05) is 6.04 Å². The number of halogens is 1. The highest BCUT2D eigenvalue weighted by atomic mass is 35.5. The van der Waals surface area contributed by atoms with Crippen molar-refractivity contribution in [3.63, 3.8) is 0 Å². The van der Waals surface area contributed by atoms with E-state index in [0.29, 0.717) is 23.3 Å². The summed E-state index contributed by atoms with van der Waals surface area (Å²) in [6.07, 6.45) is 2.14. The first-order chi connectivity index (χ1) is 11.0. The molecule has 0 saturated carbocycles. The Balaban J connectivity index is 1.64. The van der Waals surface area contributed by atoms with Crippen molar-refractivity contribution in [2.75, 3.05) is 18.9 Å². The highest BCUT2D eigenvalue weighted by molar-refractivity contribution is 6.33. The highest BCUT2D eigenvalue weighted by Gasteiger charge is 2.26. The Morgan fingerprint density at radius 1 is 1.30 bits per heavy atom. The summed E-state index contributed by atoms with van der Waals surface area (Å²) < 4.78 is 0. The second kappa shape index (κ2) is 6.73. The van der Waals surface area contributed by atoms with Gasteiger partial charge in [-0.15, -0.1) is 0 Å². The second-order valence-corrected chi connectivity index (χ2v) is 6.61. The average molecular weight is 329 g/mol. The number of aryl methyl sites for hydroxylation is 2. The molecule has 0 heterocycles. The minimum Gasteiger partial charge on any atom is -0.324 e. The fraction of sp³-hybridized carbons (Fsp3) is 0.316. The van der Waals surface area contributed by atoms with Crippen molar-refractivity contribution >= 4 is 23.2 Å². The van der Waals surface area contributed by atoms with Crippen molar-refractivity contribution < 1.29 is 4.79 Å². The number of benzene rings is 2. The van der Waals surface area contributed by atoms with E-state index < -0.39 is 0 Å². The van der Waals surface area contributed by atoms with Crippen molar-refractivity contribution in [3.8, 4) is 0 Å². The second-order valence-electron chi connectivity index (χ2n) is 6.20. The number of fused-ring (bicyclic) bond motifs is 1. The molecule has 0 aliphatic heterocycles. The topological polar surface area (TPSA) is 32.3 Å². The lowest BCUT2D eigenvalue weighted by Gasteiger charge is -2.24. The predicted octanol–water partition coefficient (Wildman–Crippen LogP) is 4.21. The first-order valence-corrected chi connectivity index (χ1v) is 8.26. The number of carbonyl (C=O) groups excluding carboxylic acids is 1. The van der Waals surface area contributed by atoms with E-state index in [2.05, 4.69) is 34.5 Å². The molecule has 0 saturated heterocycles. The van der Waals surface area contributed by atoms with Crippen LogP contribution in [0.2, 0.25) is 5.02 Å². The summed E-state index contributed by atoms with van der Waals surface area (Å²) in [6, 6.07) is 14.4. The van der Waals surface area contributed by atoms with E-state index in [1.165, 1.54) is 11.1 Å². The van der Waals surface area contributed by atoms with Crippen LogP contribution in [0, 0.1) is 6.92 Å². The number of nitrogens with zero attached hydrogens (tertiary/aromatic N) is 1. The largest absolute Gasteiger partial charge is 0.324 e. The third-order valence-electron chi connectivity index (χ3n) is 4.42. The van der Waals surface area contributed by atoms with E-state index in [-0.39, 0.29) is 5.91 Å². The SMILES string of the molecule is Cc1ccc(NC(=O)CN(C)C2CCc3ccccc32)c(Cl)c1. The molecule has 0 spiro atoms. The van der Waals surface area contributed by atoms with Gasteiger partial charge in [0.2, 0.25) is 5.91 Å². The molecule has 1 aliphatic rings. The summed E-state index contributed by atoms with van der Waals surface area (Å²) in [4.78, 5) is 14.4. The first-order valence-electron chi connectivity index (χ1n) is 7.88. The molecular formula is C19H21ClN2O. The van der Waals surface area contributed by atoms with Crippen LogP contribution in [0.1, 0.15) is 29.2 Å². The van der Waals surface area contributed by atoms with Crippen molar-refractivity contribution in [2.24, 2.45) is 0 Å². The molecule has 0 aromatic heterocycles. The molecule has 3 rings (SSSR count). The van der Waals surface area contributed by atoms with Gasteiger partial charge in [-0.05, 0) is 55.6 Å². The quantitative estimate of drug-likeness (QED) is 0.912. The number of likely N-dealkylation sites (N-methyl/N-ethyl adjacent to an activating group) is 1. The predicted molar refractivity (Wildman–Crippen MR) is 95.0 cm³/mol. The van der Waals surface area contributed by atoms with E-state index >= 15 is 0 Å². The first kappa shape index (κ1) is 16.0. The molecule has 1 atom stereocenters. The molecule has 23 heavy (non-hydrogen) atoms. The Morgan fingerprint density at radius 2 is 2.09 bits per heavy atom. The Kier molecular flexibility index (Phi) is 4.69. The molecule has 1 N–H and O–H groups in total. The highest BCUT2D eigenvalue weighted by Crippen LogP contribution is 2.34. The average Bonchev–Trinajstić information content (AvgIpc) is 2.94. The number of amides is 1. The molecule has 2 aromatic carbocycles. The van der Waals surface area contributed by atoms with Crippen LogP contribution in [0.15, 0.2) is 42.5 Å². The zero-order valence-electron chi connectivity index (χ0n) is 13.5. The number of anilines is 1. The van der Waals surface area contributed by atoms with Crippen LogP contribution >= 0.6 is 11.6 Å². The van der Waals surface area contributed by atoms with Crippen LogP contribution in [0.3, 0.4) is 0 Å². The summed E-state index contributed by atoms with van der Waals surface area (Å²) in [7, 11) is 2.00. The number of hydrogen-bond donors (Lipinski definition) is 1. The van der Waals surface area contributed by atoms with E-state index in [4.69, 9.17) is 11.6 Å². The summed E-state index contributed by atoms with van der Waals surface area (Å²) in [5.74, 6) is -0.0392. The lowest BCUT2D eigenvalue weighted by Crippen LogP contribution is -2.32. The summed E-state index contributed by atoms with van der Waals surface area (Å²) in [5, 5.41) is 3.48. The van der Waals surface area contributed by atoms with Gasteiger partial charge in [0.15, 0.2) is 0 Å². The van der Waals surface area contributed by atoms with Gasteiger partial charge in [0.25, 0.3) is 0 Å². The summed E-state index contributed by atoms with van der Waals surface area (Å²) in [5.41, 5.74) is 4.48. The summed E-state index contributed by atoms with van der Waals surface area (Å²) in [6.45, 7) is 2.33. The van der Waals surface area contributed by atoms with Gasteiger partial charge in [0.05, 0.1) is 17.3 Å². The van der Waals surface area contributed by atoms with Crippen molar-refractivity contribution in [2.45, 2.75) is 25.8 Å². The van der Waals surface area contributed by atoms with Crippen LogP contribution in [-0.4, -0.2) is 24.4 Å². The van der Waals surface area contributed by atoms with Crippen LogP contribution in [0.25, 0.3) is 0 Å². The van der Waals surface area contributed by atoms with Gasteiger partial charge < -0.3 is 5.32 Å². The van der Waals surface area contributed by atoms with Gasteiger partial charge in [-0.1, -0.05) is 41.9 Å². The van der Waals surface area contributed by atoms with Gasteiger partial charge in [-0.3, -0.25) is 9.69 Å². The molecule has 1 aliphatic carbocycles. The number of rotatable bonds is 4. The molecule has 2 aromatic rings. The number of nitrogens with one attached hydrogen (secondary N) is 1. The maximum atomic E-state index is 12.3. The maximum Gasteiger partial charge on any atom is 0.238 e. The van der Waals surface area contributed by atoms with E-state index in [0.717, 1.165) is 18.4 Å². The van der Waals surface area contributed by atoms with Crippen LogP contribution in [-0.2, 0) is 11.2 Å². The molecule has 0 radical (unpaired) electrons. The Morgan fingerprint density at radius 3 is 2.87 bits per heavy atom. The maximum absolute atomic E-state index is 12.3. The zero-order valence-corrected chi connectivity index (χ0v) is 14.2. The fourth-order valence-corrected chi connectivity index (χ4v) is 3.52. The molecule has 3 nitrogen and oxygen atoms in total. The third kappa shape index (κ3) is 3.57. The molecule has 1 unspecified atom stereocenters. The van der Waals surface area contributed by atoms with Crippen molar-refractivity contribution in [3.05, 3.63) is 64.2 Å². The normalized spacial score (nSPS) is 16.4. The van der Waals surface area contributed by atoms with Crippen LogP contribution in [0.4, 0.5) is 5.69 Å². The Bertz CT molecular complexity index is 729. The lowest BCUT2D eigenvalue weighted by molar-refractivity contribution is -0.117. The van der Waals surface area contributed by atoms with Gasteiger partial charge in [0.1, 0.15) is 0 Å². The van der Waals surface area contributed by atoms with Crippen LogP contribution in [0.5, 0.6) is 0 Å². The summed E-state index contributed by atoms with van der Waals surface area (Å²) >= 11 is 6.18. The molecule has 0 bridgehead atoms. The molecule has 0 fully saturated rings. The van der Waals surface area contributed by atoms with Crippen molar-refractivity contribution in [1.29, 1.82) is 0 Å². The van der Waals surface area contributed by atoms with Crippen LogP contribution < -0.4 is 5.32 Å². The molecular weight excluding hydrogens is 308 g/mol. The fourth-order valence-electron chi connectivity index (χ4n) is 3.24. The Labute approximate surface area is 142 Å². The number of hydrogen-bond acceptors (Lipinski definition) is 2. The van der Waals surface area contributed by atoms with Gasteiger partial charge >= 0.3 is 0 Å². The number of carbonyl (C=O) groups is 1. The van der Waals surface area contributed by atoms with E-state index in [9.17, 15) is 4.79 Å². The minimum absolute atomic E-state index is 0.0392. The molecule has 1 amide bonds. The van der Waals surface area contributed by atoms with E-state index in [1.54, 1.807) is 0 Å². The van der Waals surface area contributed by atoms with Gasteiger partial charge in [-0.2, -0.15) is 0 Å². The minimum atomic E-state index is -0.0392. The van der Waals surface area contributed by atoms with Gasteiger partial charge in [-0.25, -0.2) is 0 Å². The zero-order chi connectivity index (χ0) is 16.4. The van der Waals surface area contributed by atoms with E-state index in [1.807, 2.05) is 32.2 Å². The third-order valence-corrected chi connectivity index (χ3v) is 4.74. The lowest BCUT2D eigenvalue weighted by atomic mass is 10.1. The Hall–Kier alpha value is -1.84. The molecule has 4 heteroatoms. The monoisotopic (exact) mass is 328 g/mol. The smallest absolute Gasteiger partial charge is 0.238 e. The standard InChI is InChI=1S/C19H21ClN2O/c1-13-7-9-17(16(20)11-13)21-19(23)12-22(2)18-10-8-14-5-3-4-6-15(14)18/h3-7,9,11,18H,8,10,12H2,1-2H3,(H,21,23).